The first-order chi connectivity index (χ1) is 14.1. The lowest BCUT2D eigenvalue weighted by Gasteiger charge is -2.17. The van der Waals surface area contributed by atoms with Crippen LogP contribution >= 0.6 is 0 Å². The molecule has 0 N–H and O–H groups in total. The maximum atomic E-state index is 12.6. The lowest BCUT2D eigenvalue weighted by atomic mass is 10.1. The van der Waals surface area contributed by atoms with Gasteiger partial charge < -0.3 is 4.57 Å². The van der Waals surface area contributed by atoms with Gasteiger partial charge in [0.1, 0.15) is 0 Å². The van der Waals surface area contributed by atoms with Gasteiger partial charge in [-0.1, -0.05) is 49.0 Å². The summed E-state index contributed by atoms with van der Waals surface area (Å²) in [4.78, 5) is 12.6. The zero-order valence-corrected chi connectivity index (χ0v) is 16.7. The zero-order chi connectivity index (χ0) is 20.4. The number of nitrogens with zero attached hydrogens (tertiary/aromatic N) is 3. The Morgan fingerprint density at radius 3 is 2.41 bits per heavy atom. The Bertz CT molecular complexity index is 1240. The van der Waals surface area contributed by atoms with E-state index in [9.17, 15) is 4.79 Å². The summed E-state index contributed by atoms with van der Waals surface area (Å²) in [6.45, 7) is 8.53. The predicted molar refractivity (Wildman–Crippen MR) is 121 cm³/mol. The topological polar surface area (TPSA) is 37.6 Å². The van der Waals surface area contributed by atoms with Crippen molar-refractivity contribution in [2.45, 2.75) is 20.4 Å². The lowest BCUT2D eigenvalue weighted by Crippen LogP contribution is -2.25. The van der Waals surface area contributed by atoms with Gasteiger partial charge in [0.25, 0.3) is 5.91 Å². The molecule has 1 aromatic heterocycles. The average molecular weight is 381 g/mol. The molecule has 0 saturated heterocycles. The van der Waals surface area contributed by atoms with Gasteiger partial charge in [-0.3, -0.25) is 4.79 Å². The van der Waals surface area contributed by atoms with Crippen LogP contribution in [0.1, 0.15) is 19.4 Å². The van der Waals surface area contributed by atoms with E-state index in [1.807, 2.05) is 36.4 Å². The summed E-state index contributed by atoms with van der Waals surface area (Å²) in [7, 11) is 0. The van der Waals surface area contributed by atoms with Crippen molar-refractivity contribution < 1.29 is 4.79 Å². The molecule has 0 fully saturated rings. The molecule has 0 aliphatic carbocycles. The Balaban J connectivity index is 1.78. The molecule has 0 bridgehead atoms. The number of anilines is 1. The van der Waals surface area contributed by atoms with Crippen LogP contribution in [0, 0.1) is 0 Å². The number of hydrazone groups is 1. The summed E-state index contributed by atoms with van der Waals surface area (Å²) < 4.78 is 2.31. The molecule has 0 aliphatic rings. The van der Waals surface area contributed by atoms with Crippen molar-refractivity contribution >= 4 is 39.6 Å². The number of hydrogen-bond donors (Lipinski definition) is 0. The maximum absolute atomic E-state index is 12.6. The van der Waals surface area contributed by atoms with Gasteiger partial charge in [0.15, 0.2) is 0 Å². The third-order valence-corrected chi connectivity index (χ3v) is 4.99. The first-order valence-electron chi connectivity index (χ1n) is 9.70. The molecule has 1 heterocycles. The number of carbonyl (C=O) groups is 1. The van der Waals surface area contributed by atoms with E-state index in [0.717, 1.165) is 12.1 Å². The van der Waals surface area contributed by atoms with Crippen LogP contribution < -0.4 is 5.01 Å². The number of rotatable bonds is 5. The number of para-hydroxylation sites is 2. The minimum Gasteiger partial charge on any atom is -0.341 e. The first-order valence-corrected chi connectivity index (χ1v) is 9.70. The highest BCUT2D eigenvalue weighted by molar-refractivity contribution is 6.10. The van der Waals surface area contributed by atoms with Gasteiger partial charge in [0.05, 0.1) is 11.9 Å². The van der Waals surface area contributed by atoms with Crippen molar-refractivity contribution in [2.75, 3.05) is 5.01 Å². The van der Waals surface area contributed by atoms with Crippen LogP contribution in [0.15, 0.2) is 90.0 Å². The molecule has 29 heavy (non-hydrogen) atoms. The summed E-state index contributed by atoms with van der Waals surface area (Å²) in [5.41, 5.74) is 4.51. The van der Waals surface area contributed by atoms with Gasteiger partial charge in [-0.15, -0.1) is 0 Å². The van der Waals surface area contributed by atoms with Gasteiger partial charge >= 0.3 is 0 Å². The van der Waals surface area contributed by atoms with Crippen LogP contribution in [0.2, 0.25) is 0 Å². The van der Waals surface area contributed by atoms with E-state index in [1.165, 1.54) is 26.8 Å². The highest BCUT2D eigenvalue weighted by atomic mass is 16.2. The highest BCUT2D eigenvalue weighted by Gasteiger charge is 2.15. The second kappa shape index (κ2) is 7.76. The van der Waals surface area contributed by atoms with Crippen LogP contribution in [0.5, 0.6) is 0 Å². The molecule has 4 nitrogen and oxygen atoms in total. The molecule has 4 aromatic rings. The lowest BCUT2D eigenvalue weighted by molar-refractivity contribution is -0.115. The van der Waals surface area contributed by atoms with Crippen molar-refractivity contribution in [3.8, 4) is 0 Å². The third-order valence-electron chi connectivity index (χ3n) is 4.99. The number of carbonyl (C=O) groups excluding carboxylic acids is 1. The fraction of sp³-hybridized carbons (Fsp3) is 0.120. The van der Waals surface area contributed by atoms with E-state index < -0.39 is 0 Å². The molecular weight excluding hydrogens is 358 g/mol. The normalized spacial score (nSPS) is 11.4. The van der Waals surface area contributed by atoms with Crippen molar-refractivity contribution in [3.63, 3.8) is 0 Å². The van der Waals surface area contributed by atoms with Crippen LogP contribution in [0.4, 0.5) is 5.69 Å². The van der Waals surface area contributed by atoms with E-state index in [-0.39, 0.29) is 5.91 Å². The summed E-state index contributed by atoms with van der Waals surface area (Å²) in [5, 5.41) is 8.29. The van der Waals surface area contributed by atoms with Crippen LogP contribution in [-0.2, 0) is 11.3 Å². The molecule has 4 heteroatoms. The first kappa shape index (κ1) is 18.7. The number of aromatic nitrogens is 1. The Kier molecular flexibility index (Phi) is 5.00. The minimum absolute atomic E-state index is 0.226. The van der Waals surface area contributed by atoms with Gasteiger partial charge in [-0.2, -0.15) is 10.1 Å². The summed E-state index contributed by atoms with van der Waals surface area (Å²) in [5.74, 6) is -0.226. The van der Waals surface area contributed by atoms with Gasteiger partial charge in [-0.05, 0) is 49.7 Å². The Morgan fingerprint density at radius 1 is 1.00 bits per heavy atom. The quantitative estimate of drug-likeness (QED) is 0.246. The zero-order valence-electron chi connectivity index (χ0n) is 16.7. The van der Waals surface area contributed by atoms with E-state index in [2.05, 4.69) is 59.6 Å². The molecule has 0 saturated carbocycles. The van der Waals surface area contributed by atoms with Crippen molar-refractivity contribution in [3.05, 3.63) is 90.5 Å². The summed E-state index contributed by atoms with van der Waals surface area (Å²) in [6.07, 6.45) is 1.73. The average Bonchev–Trinajstić information content (AvgIpc) is 3.07. The molecule has 0 radical (unpaired) electrons. The molecule has 0 spiro atoms. The maximum Gasteiger partial charge on any atom is 0.273 e. The predicted octanol–water partition coefficient (Wildman–Crippen LogP) is 5.76. The highest BCUT2D eigenvalue weighted by Crippen LogP contribution is 2.29. The van der Waals surface area contributed by atoms with E-state index in [0.29, 0.717) is 11.3 Å². The van der Waals surface area contributed by atoms with Crippen molar-refractivity contribution in [1.82, 2.24) is 4.57 Å². The molecule has 4 rings (SSSR count). The van der Waals surface area contributed by atoms with Crippen LogP contribution in [-0.4, -0.2) is 16.7 Å². The minimum atomic E-state index is -0.226. The van der Waals surface area contributed by atoms with Gasteiger partial charge in [-0.25, -0.2) is 0 Å². The summed E-state index contributed by atoms with van der Waals surface area (Å²) >= 11 is 0. The number of amides is 1. The Hall–Kier alpha value is -3.66. The molecule has 1 amide bonds. The second-order valence-electron chi connectivity index (χ2n) is 7.02. The molecule has 3 aromatic carbocycles. The molecule has 0 atom stereocenters. The van der Waals surface area contributed by atoms with Crippen LogP contribution in [0.3, 0.4) is 0 Å². The number of fused-ring (bicyclic) bond motifs is 3. The monoisotopic (exact) mass is 381 g/mol. The largest absolute Gasteiger partial charge is 0.341 e. The van der Waals surface area contributed by atoms with E-state index in [1.54, 1.807) is 13.1 Å². The van der Waals surface area contributed by atoms with Gasteiger partial charge in [0.2, 0.25) is 0 Å². The molecule has 144 valence electrons. The molecule has 0 unspecified atom stereocenters. The van der Waals surface area contributed by atoms with Crippen molar-refractivity contribution in [1.29, 1.82) is 0 Å². The fourth-order valence-corrected chi connectivity index (χ4v) is 3.60. The standard InChI is InChI=1S/C25H23N3O/c1-4-27-23-13-9-8-12-21(23)22-16-19(14-15-24(22)27)17-26-28(25(29)18(2)3)20-10-6-5-7-11-20/h5-17H,2,4H2,1,3H3. The Labute approximate surface area is 170 Å². The number of aryl methyl sites for hydroxylation is 1. The molecule has 0 aliphatic heterocycles. The second-order valence-corrected chi connectivity index (χ2v) is 7.02. The molecular formula is C25H23N3O. The van der Waals surface area contributed by atoms with Crippen molar-refractivity contribution in [2.24, 2.45) is 5.10 Å². The number of benzene rings is 3. The van der Waals surface area contributed by atoms with Gasteiger partial charge in [0, 0.05) is 33.9 Å². The smallest absolute Gasteiger partial charge is 0.273 e. The number of hydrogen-bond acceptors (Lipinski definition) is 2. The summed E-state index contributed by atoms with van der Waals surface area (Å²) in [6, 6.07) is 24.1. The van der Waals surface area contributed by atoms with Crippen LogP contribution in [0.25, 0.3) is 21.8 Å². The van der Waals surface area contributed by atoms with E-state index in [4.69, 9.17) is 0 Å². The SMILES string of the molecule is C=C(C)C(=O)N(N=Cc1ccc2c(c1)c1ccccc1n2CC)c1ccccc1. The van der Waals surface area contributed by atoms with E-state index >= 15 is 0 Å². The Morgan fingerprint density at radius 2 is 1.69 bits per heavy atom. The fourth-order valence-electron chi connectivity index (χ4n) is 3.60. The third kappa shape index (κ3) is 3.45.